The zero-order valence-corrected chi connectivity index (χ0v) is 8.34. The van der Waals surface area contributed by atoms with Crippen LogP contribution < -0.4 is 0 Å². The van der Waals surface area contributed by atoms with Crippen LogP contribution in [0.2, 0.25) is 0 Å². The van der Waals surface area contributed by atoms with E-state index in [0.717, 1.165) is 18.4 Å². The van der Waals surface area contributed by atoms with Gasteiger partial charge in [-0.15, -0.1) is 0 Å². The predicted molar refractivity (Wildman–Crippen MR) is 55.1 cm³/mol. The number of Topliss-reactive ketones (excluding diaryl/α,β-unsaturated/α-hetero) is 1. The van der Waals surface area contributed by atoms with Gasteiger partial charge in [-0.05, 0) is 18.4 Å². The molecule has 1 nitrogen and oxygen atoms in total. The summed E-state index contributed by atoms with van der Waals surface area (Å²) in [6, 6.07) is 7.88. The summed E-state index contributed by atoms with van der Waals surface area (Å²) in [4.78, 5) is 11.6. The minimum atomic E-state index is 0.278. The molecule has 0 aliphatic heterocycles. The van der Waals surface area contributed by atoms with Gasteiger partial charge in [-0.3, -0.25) is 4.79 Å². The molecule has 0 bridgehead atoms. The van der Waals surface area contributed by atoms with Gasteiger partial charge >= 0.3 is 0 Å². The lowest BCUT2D eigenvalue weighted by atomic mass is 9.99. The number of carbonyl (C=O) groups is 1. The third-order valence-electron chi connectivity index (χ3n) is 2.18. The van der Waals surface area contributed by atoms with Gasteiger partial charge in [-0.25, -0.2) is 0 Å². The van der Waals surface area contributed by atoms with Gasteiger partial charge in [0.25, 0.3) is 0 Å². The molecule has 1 heteroatoms. The Labute approximate surface area is 79.8 Å². The summed E-state index contributed by atoms with van der Waals surface area (Å²) in [6.07, 6.45) is 2.53. The highest BCUT2D eigenvalue weighted by Crippen LogP contribution is 2.12. The molecule has 1 rings (SSSR count). The third-order valence-corrected chi connectivity index (χ3v) is 2.18. The molecule has 0 unspecified atom stereocenters. The van der Waals surface area contributed by atoms with E-state index in [1.807, 2.05) is 31.2 Å². The standard InChI is InChI=1S/C12H16O/c1-3-7-12(13)11-9-6-5-8-10(11)4-2/h5-6,8-9H,3-4,7H2,1-2H3. The van der Waals surface area contributed by atoms with E-state index in [9.17, 15) is 4.79 Å². The topological polar surface area (TPSA) is 17.1 Å². The van der Waals surface area contributed by atoms with Crippen LogP contribution >= 0.6 is 0 Å². The average molecular weight is 176 g/mol. The number of hydrogen-bond acceptors (Lipinski definition) is 1. The maximum Gasteiger partial charge on any atom is 0.163 e. The number of benzene rings is 1. The van der Waals surface area contributed by atoms with E-state index in [0.29, 0.717) is 6.42 Å². The van der Waals surface area contributed by atoms with Crippen LogP contribution in [0.15, 0.2) is 24.3 Å². The van der Waals surface area contributed by atoms with Crippen LogP contribution in [0, 0.1) is 0 Å². The smallest absolute Gasteiger partial charge is 0.163 e. The summed E-state index contributed by atoms with van der Waals surface area (Å²) in [7, 11) is 0. The van der Waals surface area contributed by atoms with Crippen molar-refractivity contribution in [3.8, 4) is 0 Å². The Balaban J connectivity index is 2.92. The first-order valence-corrected chi connectivity index (χ1v) is 4.90. The lowest BCUT2D eigenvalue weighted by Crippen LogP contribution is -2.02. The Bertz CT molecular complexity index is 289. The quantitative estimate of drug-likeness (QED) is 0.644. The van der Waals surface area contributed by atoms with E-state index in [1.165, 1.54) is 5.56 Å². The molecule has 1 aromatic rings. The van der Waals surface area contributed by atoms with Crippen LogP contribution in [0.1, 0.15) is 42.6 Å². The number of aryl methyl sites for hydroxylation is 1. The Kier molecular flexibility index (Phi) is 3.69. The summed E-state index contributed by atoms with van der Waals surface area (Å²) in [5, 5.41) is 0. The van der Waals surface area contributed by atoms with Crippen LogP contribution in [0.25, 0.3) is 0 Å². The first kappa shape index (κ1) is 9.97. The lowest BCUT2D eigenvalue weighted by molar-refractivity contribution is 0.0981. The SMILES string of the molecule is CCCC(=O)c1ccccc1CC. The second-order valence-electron chi connectivity index (χ2n) is 3.18. The van der Waals surface area contributed by atoms with Crippen molar-refractivity contribution in [1.29, 1.82) is 0 Å². The van der Waals surface area contributed by atoms with Gasteiger partial charge in [0.1, 0.15) is 0 Å². The van der Waals surface area contributed by atoms with Crippen molar-refractivity contribution in [2.24, 2.45) is 0 Å². The molecule has 0 fully saturated rings. The fraction of sp³-hybridized carbons (Fsp3) is 0.417. The van der Waals surface area contributed by atoms with E-state index in [4.69, 9.17) is 0 Å². The third kappa shape index (κ3) is 2.41. The van der Waals surface area contributed by atoms with Crippen molar-refractivity contribution in [2.75, 3.05) is 0 Å². The van der Waals surface area contributed by atoms with Gasteiger partial charge in [0.15, 0.2) is 5.78 Å². The Morgan fingerprint density at radius 3 is 2.54 bits per heavy atom. The van der Waals surface area contributed by atoms with Crippen molar-refractivity contribution < 1.29 is 4.79 Å². The van der Waals surface area contributed by atoms with E-state index < -0.39 is 0 Å². The molecule has 0 amide bonds. The van der Waals surface area contributed by atoms with Crippen LogP contribution in [0.5, 0.6) is 0 Å². The fourth-order valence-corrected chi connectivity index (χ4v) is 1.46. The maximum absolute atomic E-state index is 11.6. The highest BCUT2D eigenvalue weighted by atomic mass is 16.1. The number of rotatable bonds is 4. The maximum atomic E-state index is 11.6. The summed E-state index contributed by atoms with van der Waals surface area (Å²) >= 11 is 0. The highest BCUT2D eigenvalue weighted by Gasteiger charge is 2.07. The molecular formula is C12H16O. The fourth-order valence-electron chi connectivity index (χ4n) is 1.46. The van der Waals surface area contributed by atoms with E-state index in [1.54, 1.807) is 0 Å². The molecule has 0 atom stereocenters. The van der Waals surface area contributed by atoms with Gasteiger partial charge in [0.2, 0.25) is 0 Å². The second kappa shape index (κ2) is 4.80. The largest absolute Gasteiger partial charge is 0.294 e. The van der Waals surface area contributed by atoms with Gasteiger partial charge < -0.3 is 0 Å². The molecule has 13 heavy (non-hydrogen) atoms. The number of ketones is 1. The van der Waals surface area contributed by atoms with E-state index in [-0.39, 0.29) is 5.78 Å². The number of carbonyl (C=O) groups excluding carboxylic acids is 1. The van der Waals surface area contributed by atoms with Gasteiger partial charge in [0, 0.05) is 12.0 Å². The van der Waals surface area contributed by atoms with E-state index >= 15 is 0 Å². The molecule has 0 radical (unpaired) electrons. The molecule has 0 N–H and O–H groups in total. The first-order valence-electron chi connectivity index (χ1n) is 4.90. The van der Waals surface area contributed by atoms with Crippen molar-refractivity contribution in [1.82, 2.24) is 0 Å². The summed E-state index contributed by atoms with van der Waals surface area (Å²) in [5.74, 6) is 0.278. The average Bonchev–Trinajstić information content (AvgIpc) is 2.18. The minimum Gasteiger partial charge on any atom is -0.294 e. The van der Waals surface area contributed by atoms with Crippen molar-refractivity contribution in [3.63, 3.8) is 0 Å². The molecule has 0 heterocycles. The molecule has 0 aromatic heterocycles. The van der Waals surface area contributed by atoms with Crippen LogP contribution in [0.3, 0.4) is 0 Å². The Morgan fingerprint density at radius 2 is 1.92 bits per heavy atom. The van der Waals surface area contributed by atoms with Gasteiger partial charge in [0.05, 0.1) is 0 Å². The van der Waals surface area contributed by atoms with Crippen LogP contribution in [-0.2, 0) is 6.42 Å². The zero-order chi connectivity index (χ0) is 9.68. The van der Waals surface area contributed by atoms with Crippen molar-refractivity contribution >= 4 is 5.78 Å². The summed E-state index contributed by atoms with van der Waals surface area (Å²) < 4.78 is 0. The first-order chi connectivity index (χ1) is 6.29. The van der Waals surface area contributed by atoms with Gasteiger partial charge in [-0.2, -0.15) is 0 Å². The zero-order valence-electron chi connectivity index (χ0n) is 8.34. The normalized spacial score (nSPS) is 10.0. The molecule has 0 saturated carbocycles. The molecule has 0 spiro atoms. The monoisotopic (exact) mass is 176 g/mol. The Hall–Kier alpha value is -1.11. The summed E-state index contributed by atoms with van der Waals surface area (Å²) in [6.45, 7) is 4.12. The molecule has 1 aromatic carbocycles. The van der Waals surface area contributed by atoms with Gasteiger partial charge in [-0.1, -0.05) is 38.1 Å². The number of hydrogen-bond donors (Lipinski definition) is 0. The van der Waals surface area contributed by atoms with E-state index in [2.05, 4.69) is 6.92 Å². The Morgan fingerprint density at radius 1 is 1.23 bits per heavy atom. The molecule has 0 aliphatic carbocycles. The summed E-state index contributed by atoms with van der Waals surface area (Å²) in [5.41, 5.74) is 2.08. The van der Waals surface area contributed by atoms with Crippen LogP contribution in [0.4, 0.5) is 0 Å². The van der Waals surface area contributed by atoms with Crippen molar-refractivity contribution in [3.05, 3.63) is 35.4 Å². The molecule has 0 saturated heterocycles. The predicted octanol–water partition coefficient (Wildman–Crippen LogP) is 3.23. The second-order valence-corrected chi connectivity index (χ2v) is 3.18. The highest BCUT2D eigenvalue weighted by molar-refractivity contribution is 5.97. The molecular weight excluding hydrogens is 160 g/mol. The molecule has 0 aliphatic rings. The molecule has 70 valence electrons. The van der Waals surface area contributed by atoms with Crippen molar-refractivity contribution in [2.45, 2.75) is 33.1 Å². The minimum absolute atomic E-state index is 0.278. The van der Waals surface area contributed by atoms with Crippen LogP contribution in [-0.4, -0.2) is 5.78 Å². The lowest BCUT2D eigenvalue weighted by Gasteiger charge is -2.04.